The normalized spacial score (nSPS) is 13.0. The number of ether oxygens (including phenoxy) is 1. The van der Waals surface area contributed by atoms with Gasteiger partial charge in [-0.2, -0.15) is 0 Å². The first-order chi connectivity index (χ1) is 12.0. The van der Waals surface area contributed by atoms with Gasteiger partial charge in [0, 0.05) is 12.8 Å². The van der Waals surface area contributed by atoms with Crippen molar-refractivity contribution in [2.45, 2.75) is 52.7 Å². The van der Waals surface area contributed by atoms with Crippen LogP contribution in [0.3, 0.4) is 0 Å². The molecule has 0 heterocycles. The summed E-state index contributed by atoms with van der Waals surface area (Å²) in [5.74, 6) is 0. The van der Waals surface area contributed by atoms with Crippen LogP contribution in [-0.2, 0) is 17.6 Å². The first-order valence-corrected chi connectivity index (χ1v) is 9.06. The van der Waals surface area contributed by atoms with E-state index in [4.69, 9.17) is 4.74 Å². The first-order valence-electron chi connectivity index (χ1n) is 9.06. The van der Waals surface area contributed by atoms with Crippen LogP contribution in [0.1, 0.15) is 38.8 Å². The molecule has 0 aliphatic carbocycles. The highest BCUT2D eigenvalue weighted by Crippen LogP contribution is 2.16. The fourth-order valence-electron chi connectivity index (χ4n) is 2.95. The summed E-state index contributed by atoms with van der Waals surface area (Å²) in [4.78, 5) is 0. The van der Waals surface area contributed by atoms with Gasteiger partial charge in [0.15, 0.2) is 0 Å². The summed E-state index contributed by atoms with van der Waals surface area (Å²) in [6.07, 6.45) is 6.43. The maximum atomic E-state index is 6.53. The Labute approximate surface area is 153 Å². The van der Waals surface area contributed by atoms with Crippen LogP contribution in [0.2, 0.25) is 0 Å². The lowest BCUT2D eigenvalue weighted by atomic mass is 10.0. The summed E-state index contributed by atoms with van der Waals surface area (Å²) >= 11 is 0. The number of benzene rings is 2. The zero-order chi connectivity index (χ0) is 18.1. The smallest absolute Gasteiger partial charge is 0.0806 e. The van der Waals surface area contributed by atoms with Gasteiger partial charge >= 0.3 is 0 Å². The molecule has 0 saturated carbocycles. The van der Waals surface area contributed by atoms with Crippen LogP contribution in [-0.4, -0.2) is 12.2 Å². The highest BCUT2D eigenvalue weighted by atomic mass is 16.5. The lowest BCUT2D eigenvalue weighted by Gasteiger charge is -2.22. The van der Waals surface area contributed by atoms with E-state index in [1.165, 1.54) is 22.3 Å². The maximum Gasteiger partial charge on any atom is 0.0806 e. The molecular weight excluding hydrogens is 304 g/mol. The minimum absolute atomic E-state index is 0.0803. The van der Waals surface area contributed by atoms with Gasteiger partial charge in [0.2, 0.25) is 0 Å². The lowest BCUT2D eigenvalue weighted by Crippen LogP contribution is -2.23. The second-order valence-corrected chi connectivity index (χ2v) is 7.08. The molecule has 1 nitrogen and oxygen atoms in total. The van der Waals surface area contributed by atoms with Crippen molar-refractivity contribution in [2.24, 2.45) is 0 Å². The van der Waals surface area contributed by atoms with Crippen molar-refractivity contribution in [3.05, 3.63) is 95.1 Å². The van der Waals surface area contributed by atoms with E-state index in [1.54, 1.807) is 0 Å². The van der Waals surface area contributed by atoms with Gasteiger partial charge in [-0.3, -0.25) is 0 Å². The molecule has 1 heteroatoms. The summed E-state index contributed by atoms with van der Waals surface area (Å²) in [6.45, 7) is 8.53. The molecule has 0 aliphatic heterocycles. The molecule has 0 fully saturated rings. The summed E-state index contributed by atoms with van der Waals surface area (Å²) in [7, 11) is 0. The molecule has 2 aromatic carbocycles. The lowest BCUT2D eigenvalue weighted by molar-refractivity contribution is 0.0412. The largest absolute Gasteiger partial charge is 0.366 e. The third-order valence-electron chi connectivity index (χ3n) is 3.95. The molecule has 2 unspecified atom stereocenters. The average molecular weight is 335 g/mol. The molecule has 132 valence electrons. The molecule has 25 heavy (non-hydrogen) atoms. The van der Waals surface area contributed by atoms with E-state index in [1.807, 2.05) is 0 Å². The van der Waals surface area contributed by atoms with E-state index in [0.717, 1.165) is 12.8 Å². The fourth-order valence-corrected chi connectivity index (χ4v) is 2.95. The molecular formula is C24H30O. The van der Waals surface area contributed by atoms with Gasteiger partial charge in [-0.15, -0.1) is 0 Å². The average Bonchev–Trinajstić information content (AvgIpc) is 2.55. The first kappa shape index (κ1) is 19.2. The van der Waals surface area contributed by atoms with E-state index < -0.39 is 0 Å². The molecule has 2 aromatic rings. The number of rotatable bonds is 8. The topological polar surface area (TPSA) is 9.23 Å². The third-order valence-corrected chi connectivity index (χ3v) is 3.95. The van der Waals surface area contributed by atoms with Crippen molar-refractivity contribution in [2.75, 3.05) is 0 Å². The second kappa shape index (κ2) is 10.0. The molecule has 0 N–H and O–H groups in total. The summed E-state index contributed by atoms with van der Waals surface area (Å²) in [5, 5.41) is 0. The van der Waals surface area contributed by atoms with Crippen LogP contribution < -0.4 is 0 Å². The maximum absolute atomic E-state index is 6.53. The van der Waals surface area contributed by atoms with E-state index in [9.17, 15) is 0 Å². The minimum atomic E-state index is 0.0803. The second-order valence-electron chi connectivity index (χ2n) is 7.08. The van der Waals surface area contributed by atoms with Crippen LogP contribution in [0.25, 0.3) is 0 Å². The van der Waals surface area contributed by atoms with E-state index in [-0.39, 0.29) is 12.2 Å². The van der Waals surface area contributed by atoms with E-state index in [0.29, 0.717) is 0 Å². The van der Waals surface area contributed by atoms with E-state index >= 15 is 0 Å². The SMILES string of the molecule is CC(C)=CC(Cc1ccccc1)OC(C=C(C)C)Cc1ccccc1. The Morgan fingerprint density at radius 2 is 1.04 bits per heavy atom. The van der Waals surface area contributed by atoms with Crippen LogP contribution in [0, 0.1) is 0 Å². The highest BCUT2D eigenvalue weighted by molar-refractivity contribution is 5.19. The van der Waals surface area contributed by atoms with Gasteiger partial charge in [0.05, 0.1) is 12.2 Å². The van der Waals surface area contributed by atoms with Gasteiger partial charge in [-0.1, -0.05) is 84.0 Å². The Hall–Kier alpha value is -2.12. The number of allylic oxidation sites excluding steroid dienone is 2. The zero-order valence-electron chi connectivity index (χ0n) is 15.9. The summed E-state index contributed by atoms with van der Waals surface area (Å²) in [5.41, 5.74) is 5.19. The number of hydrogen-bond acceptors (Lipinski definition) is 1. The Morgan fingerprint density at radius 3 is 1.36 bits per heavy atom. The van der Waals surface area contributed by atoms with Gasteiger partial charge in [0.25, 0.3) is 0 Å². The van der Waals surface area contributed by atoms with Crippen molar-refractivity contribution in [1.29, 1.82) is 0 Å². The summed E-state index contributed by atoms with van der Waals surface area (Å²) in [6, 6.07) is 21.1. The van der Waals surface area contributed by atoms with Gasteiger partial charge in [-0.25, -0.2) is 0 Å². The Morgan fingerprint density at radius 1 is 0.680 bits per heavy atom. The Bertz CT molecular complexity index is 613. The molecule has 2 rings (SSSR count). The van der Waals surface area contributed by atoms with Crippen molar-refractivity contribution in [3.63, 3.8) is 0 Å². The molecule has 0 radical (unpaired) electrons. The van der Waals surface area contributed by atoms with Crippen LogP contribution >= 0.6 is 0 Å². The molecule has 0 spiro atoms. The predicted octanol–water partition coefficient (Wildman–Crippen LogP) is 6.16. The fraction of sp³-hybridized carbons (Fsp3) is 0.333. The van der Waals surface area contributed by atoms with Crippen molar-refractivity contribution in [3.8, 4) is 0 Å². The minimum Gasteiger partial charge on any atom is -0.366 e. The van der Waals surface area contributed by atoms with Gasteiger partial charge in [0.1, 0.15) is 0 Å². The quantitative estimate of drug-likeness (QED) is 0.525. The molecule has 0 aromatic heterocycles. The molecule has 2 atom stereocenters. The monoisotopic (exact) mass is 334 g/mol. The van der Waals surface area contributed by atoms with Crippen molar-refractivity contribution >= 4 is 0 Å². The Kier molecular flexibility index (Phi) is 7.69. The van der Waals surface area contributed by atoms with Crippen molar-refractivity contribution < 1.29 is 4.74 Å². The van der Waals surface area contributed by atoms with Crippen molar-refractivity contribution in [1.82, 2.24) is 0 Å². The summed E-state index contributed by atoms with van der Waals surface area (Å²) < 4.78 is 6.53. The zero-order valence-corrected chi connectivity index (χ0v) is 15.9. The highest BCUT2D eigenvalue weighted by Gasteiger charge is 2.15. The van der Waals surface area contributed by atoms with Gasteiger partial charge in [-0.05, 0) is 38.8 Å². The number of hydrogen-bond donors (Lipinski definition) is 0. The van der Waals surface area contributed by atoms with Crippen LogP contribution in [0.4, 0.5) is 0 Å². The Balaban J connectivity index is 2.16. The third kappa shape index (κ3) is 7.53. The predicted molar refractivity (Wildman–Crippen MR) is 108 cm³/mol. The molecule has 0 amide bonds. The van der Waals surface area contributed by atoms with Crippen LogP contribution in [0.5, 0.6) is 0 Å². The van der Waals surface area contributed by atoms with Crippen LogP contribution in [0.15, 0.2) is 84.0 Å². The van der Waals surface area contributed by atoms with Gasteiger partial charge < -0.3 is 4.74 Å². The van der Waals surface area contributed by atoms with E-state index in [2.05, 4.69) is 101 Å². The molecule has 0 aliphatic rings. The molecule has 0 bridgehead atoms. The standard InChI is InChI=1S/C24H30O/c1-19(2)15-23(17-21-11-7-5-8-12-21)25-24(16-20(3)4)18-22-13-9-6-10-14-22/h5-16,23-24H,17-18H2,1-4H3. The molecule has 0 saturated heterocycles.